The third-order valence-corrected chi connectivity index (χ3v) is 3.92. The zero-order valence-corrected chi connectivity index (χ0v) is 12.1. The Morgan fingerprint density at radius 1 is 1.28 bits per heavy atom. The molecule has 98 valence electrons. The van der Waals surface area contributed by atoms with Gasteiger partial charge in [0, 0.05) is 18.1 Å². The van der Waals surface area contributed by atoms with Gasteiger partial charge in [-0.2, -0.15) is 0 Å². The summed E-state index contributed by atoms with van der Waals surface area (Å²) in [5, 5.41) is 2.47. The van der Waals surface area contributed by atoms with Gasteiger partial charge in [-0.05, 0) is 37.4 Å². The third kappa shape index (κ3) is 2.51. The van der Waals surface area contributed by atoms with Crippen molar-refractivity contribution in [2.24, 2.45) is 5.73 Å². The monoisotopic (exact) mass is 284 g/mol. The van der Waals surface area contributed by atoms with Gasteiger partial charge < -0.3 is 10.3 Å². The molecule has 2 aromatic rings. The molecule has 2 rings (SSSR count). The lowest BCUT2D eigenvalue weighted by molar-refractivity contribution is 0.699. The average Bonchev–Trinajstić information content (AvgIpc) is 2.70. The van der Waals surface area contributed by atoms with Gasteiger partial charge in [0.1, 0.15) is 0 Å². The Balaban J connectivity index is 2.56. The van der Waals surface area contributed by atoms with Gasteiger partial charge in [-0.25, -0.2) is 0 Å². The smallest absolute Gasteiger partial charge is 0.0835 e. The summed E-state index contributed by atoms with van der Waals surface area (Å²) in [6.45, 7) is 3.82. The van der Waals surface area contributed by atoms with Crippen LogP contribution in [0.3, 0.4) is 0 Å². The summed E-state index contributed by atoms with van der Waals surface area (Å²) >= 11 is 12.4. The molecular formula is C14H18Cl2N2. The van der Waals surface area contributed by atoms with Crippen LogP contribution in [0.2, 0.25) is 10.0 Å². The second-order valence-corrected chi connectivity index (χ2v) is 5.28. The molecule has 2 nitrogen and oxygen atoms in total. The maximum absolute atomic E-state index is 6.34. The summed E-state index contributed by atoms with van der Waals surface area (Å²) in [6, 6.07) is 3.93. The summed E-state index contributed by atoms with van der Waals surface area (Å²) in [5.41, 5.74) is 7.95. The van der Waals surface area contributed by atoms with E-state index in [9.17, 15) is 0 Å². The Labute approximate surface area is 118 Å². The lowest BCUT2D eigenvalue weighted by Gasteiger charge is -2.05. The highest BCUT2D eigenvalue weighted by molar-refractivity contribution is 6.45. The topological polar surface area (TPSA) is 30.9 Å². The highest BCUT2D eigenvalue weighted by Gasteiger charge is 2.13. The van der Waals surface area contributed by atoms with Gasteiger partial charge in [-0.3, -0.25) is 0 Å². The van der Waals surface area contributed by atoms with E-state index in [0.717, 1.165) is 31.3 Å². The summed E-state index contributed by atoms with van der Waals surface area (Å²) in [7, 11) is 0. The first-order valence-corrected chi connectivity index (χ1v) is 7.10. The largest absolute Gasteiger partial charge is 0.346 e. The van der Waals surface area contributed by atoms with Crippen LogP contribution in [-0.4, -0.2) is 11.1 Å². The van der Waals surface area contributed by atoms with Crippen molar-refractivity contribution < 1.29 is 0 Å². The molecule has 1 heterocycles. The minimum Gasteiger partial charge on any atom is -0.346 e. The van der Waals surface area contributed by atoms with Crippen LogP contribution in [0, 0.1) is 0 Å². The van der Waals surface area contributed by atoms with Crippen LogP contribution in [0.4, 0.5) is 0 Å². The van der Waals surface area contributed by atoms with Crippen molar-refractivity contribution in [3.05, 3.63) is 33.9 Å². The maximum atomic E-state index is 6.34. The highest BCUT2D eigenvalue weighted by atomic mass is 35.5. The van der Waals surface area contributed by atoms with E-state index in [1.54, 1.807) is 0 Å². The minimum absolute atomic E-state index is 0.616. The van der Waals surface area contributed by atoms with E-state index in [4.69, 9.17) is 28.9 Å². The van der Waals surface area contributed by atoms with Crippen molar-refractivity contribution >= 4 is 34.1 Å². The second kappa shape index (κ2) is 5.96. The molecule has 2 N–H and O–H groups in total. The highest BCUT2D eigenvalue weighted by Crippen LogP contribution is 2.34. The van der Waals surface area contributed by atoms with E-state index in [0.29, 0.717) is 16.6 Å². The molecule has 0 aliphatic carbocycles. The summed E-state index contributed by atoms with van der Waals surface area (Å²) < 4.78 is 2.20. The lowest BCUT2D eigenvalue weighted by Crippen LogP contribution is -2.00. The lowest BCUT2D eigenvalue weighted by atomic mass is 10.1. The molecule has 0 saturated heterocycles. The zero-order chi connectivity index (χ0) is 13.1. The van der Waals surface area contributed by atoms with Crippen molar-refractivity contribution in [3.63, 3.8) is 0 Å². The third-order valence-electron chi connectivity index (χ3n) is 3.13. The molecule has 0 saturated carbocycles. The first-order chi connectivity index (χ1) is 8.69. The van der Waals surface area contributed by atoms with Crippen LogP contribution in [0.5, 0.6) is 0 Å². The van der Waals surface area contributed by atoms with Crippen LogP contribution in [-0.2, 0) is 13.0 Å². The Morgan fingerprint density at radius 2 is 2.06 bits per heavy atom. The van der Waals surface area contributed by atoms with Crippen LogP contribution >= 0.6 is 23.2 Å². The predicted octanol–water partition coefficient (Wildman–Crippen LogP) is 4.25. The van der Waals surface area contributed by atoms with E-state index in [1.807, 2.05) is 6.07 Å². The molecule has 0 unspecified atom stereocenters. The molecule has 0 amide bonds. The number of nitrogens with two attached hydrogens (primary N) is 1. The number of hydrogen-bond acceptors (Lipinski definition) is 1. The Morgan fingerprint density at radius 3 is 2.72 bits per heavy atom. The molecule has 1 aromatic heterocycles. The molecular weight excluding hydrogens is 267 g/mol. The number of fused-ring (bicyclic) bond motifs is 1. The Kier molecular flexibility index (Phi) is 4.55. The number of aryl methyl sites for hydroxylation is 2. The molecule has 0 bridgehead atoms. The Hall–Kier alpha value is -0.700. The molecule has 0 aliphatic rings. The fraction of sp³-hybridized carbons (Fsp3) is 0.429. The van der Waals surface area contributed by atoms with Crippen LogP contribution in [0.1, 0.15) is 25.3 Å². The Bertz CT molecular complexity index is 546. The van der Waals surface area contributed by atoms with Gasteiger partial charge in [0.05, 0.1) is 15.6 Å². The average molecular weight is 285 g/mol. The van der Waals surface area contributed by atoms with Crippen molar-refractivity contribution in [3.8, 4) is 0 Å². The number of hydrogen-bond donors (Lipinski definition) is 1. The molecule has 0 spiro atoms. The number of halogens is 2. The summed E-state index contributed by atoms with van der Waals surface area (Å²) in [4.78, 5) is 0. The standard InChI is InChI=1S/C14H18Cl2N2/c1-2-8-18-9-10(4-3-7-17)11-5-6-12(15)13(16)14(11)18/h5-6,9H,2-4,7-8,17H2,1H3. The predicted molar refractivity (Wildman–Crippen MR) is 79.6 cm³/mol. The second-order valence-electron chi connectivity index (χ2n) is 4.50. The van der Waals surface area contributed by atoms with E-state index >= 15 is 0 Å². The van der Waals surface area contributed by atoms with Crippen LogP contribution in [0.25, 0.3) is 10.9 Å². The van der Waals surface area contributed by atoms with Crippen LogP contribution in [0.15, 0.2) is 18.3 Å². The molecule has 0 atom stereocenters. The number of nitrogens with zero attached hydrogens (tertiary/aromatic N) is 1. The molecule has 18 heavy (non-hydrogen) atoms. The van der Waals surface area contributed by atoms with Gasteiger partial charge in [-0.1, -0.05) is 36.2 Å². The summed E-state index contributed by atoms with van der Waals surface area (Å²) in [5.74, 6) is 0. The molecule has 0 fully saturated rings. The van der Waals surface area contributed by atoms with Crippen molar-refractivity contribution in [2.45, 2.75) is 32.7 Å². The van der Waals surface area contributed by atoms with Gasteiger partial charge in [0.15, 0.2) is 0 Å². The fourth-order valence-electron chi connectivity index (χ4n) is 2.31. The molecule has 1 aromatic carbocycles. The maximum Gasteiger partial charge on any atom is 0.0835 e. The normalized spacial score (nSPS) is 11.3. The SMILES string of the molecule is CCCn1cc(CCCN)c2ccc(Cl)c(Cl)c21. The number of aromatic nitrogens is 1. The van der Waals surface area contributed by atoms with Crippen molar-refractivity contribution in [1.82, 2.24) is 4.57 Å². The van der Waals surface area contributed by atoms with Gasteiger partial charge in [0.25, 0.3) is 0 Å². The minimum atomic E-state index is 0.616. The van der Waals surface area contributed by atoms with E-state index in [-0.39, 0.29) is 0 Å². The number of benzene rings is 1. The van der Waals surface area contributed by atoms with E-state index in [1.165, 1.54) is 10.9 Å². The quantitative estimate of drug-likeness (QED) is 0.874. The van der Waals surface area contributed by atoms with Gasteiger partial charge in [0.2, 0.25) is 0 Å². The fourth-order valence-corrected chi connectivity index (χ4v) is 2.74. The molecule has 0 radical (unpaired) electrons. The van der Waals surface area contributed by atoms with Crippen molar-refractivity contribution in [1.29, 1.82) is 0 Å². The first-order valence-electron chi connectivity index (χ1n) is 6.34. The van der Waals surface area contributed by atoms with Crippen molar-refractivity contribution in [2.75, 3.05) is 6.54 Å². The zero-order valence-electron chi connectivity index (χ0n) is 10.5. The van der Waals surface area contributed by atoms with Gasteiger partial charge >= 0.3 is 0 Å². The number of rotatable bonds is 5. The summed E-state index contributed by atoms with van der Waals surface area (Å²) in [6.07, 6.45) is 5.24. The van der Waals surface area contributed by atoms with Crippen LogP contribution < -0.4 is 5.73 Å². The first kappa shape index (κ1) is 13.7. The van der Waals surface area contributed by atoms with E-state index < -0.39 is 0 Å². The molecule has 4 heteroatoms. The van der Waals surface area contributed by atoms with E-state index in [2.05, 4.69) is 23.8 Å². The molecule has 0 aliphatic heterocycles. The van der Waals surface area contributed by atoms with Gasteiger partial charge in [-0.15, -0.1) is 0 Å².